The number of phosphoric acid groups is 1. The topological polar surface area (TPSA) is 129 Å². The molecule has 324 valence electrons. The van der Waals surface area contributed by atoms with Crippen molar-refractivity contribution in [2.75, 3.05) is 47.5 Å². The van der Waals surface area contributed by atoms with Gasteiger partial charge < -0.3 is 24.0 Å². The Bertz CT molecular complexity index is 1160. The van der Waals surface area contributed by atoms with Crippen molar-refractivity contribution in [3.8, 4) is 0 Å². The van der Waals surface area contributed by atoms with Crippen LogP contribution in [0.5, 0.6) is 0 Å². The molecule has 0 rings (SSSR count). The molecule has 0 bridgehead atoms. The molecule has 0 aromatic heterocycles. The predicted octanol–water partition coefficient (Wildman–Crippen LogP) is 11.0. The van der Waals surface area contributed by atoms with Crippen LogP contribution >= 0.6 is 7.82 Å². The van der Waals surface area contributed by atoms with E-state index in [0.29, 0.717) is 30.3 Å². The number of carbonyl (C=O) groups excluding carboxylic acids is 2. The van der Waals surface area contributed by atoms with Crippen LogP contribution < -0.4 is 0 Å². The van der Waals surface area contributed by atoms with Crippen LogP contribution in [0.3, 0.4) is 0 Å². The first-order valence-corrected chi connectivity index (χ1v) is 23.1. The van der Waals surface area contributed by atoms with Crippen LogP contribution in [0.4, 0.5) is 0 Å². The number of phosphoric ester groups is 1. The first-order chi connectivity index (χ1) is 26.9. The molecule has 11 heteroatoms. The van der Waals surface area contributed by atoms with Gasteiger partial charge >= 0.3 is 19.8 Å². The zero-order chi connectivity index (χ0) is 41.6. The van der Waals surface area contributed by atoms with Gasteiger partial charge in [0.05, 0.1) is 33.9 Å². The summed E-state index contributed by atoms with van der Waals surface area (Å²) >= 11 is 0. The van der Waals surface area contributed by atoms with Crippen molar-refractivity contribution in [3.05, 3.63) is 60.8 Å². The van der Waals surface area contributed by atoms with Gasteiger partial charge in [-0.1, -0.05) is 158 Å². The van der Waals surface area contributed by atoms with E-state index < -0.39 is 38.6 Å². The number of esters is 2. The van der Waals surface area contributed by atoms with Crippen molar-refractivity contribution in [2.24, 2.45) is 0 Å². The fourth-order valence-corrected chi connectivity index (χ4v) is 6.25. The lowest BCUT2D eigenvalue weighted by molar-refractivity contribution is -0.870. The summed E-state index contributed by atoms with van der Waals surface area (Å²) in [7, 11) is 1.35. The van der Waals surface area contributed by atoms with E-state index in [4.69, 9.17) is 18.5 Å². The normalized spacial score (nSPS) is 14.8. The van der Waals surface area contributed by atoms with Gasteiger partial charge in [0.25, 0.3) is 0 Å². The Morgan fingerprint density at radius 3 is 1.71 bits per heavy atom. The second-order valence-electron chi connectivity index (χ2n) is 15.6. The third-order valence-corrected chi connectivity index (χ3v) is 9.90. The summed E-state index contributed by atoms with van der Waals surface area (Å²) in [4.78, 5) is 35.3. The van der Waals surface area contributed by atoms with Gasteiger partial charge in [-0.25, -0.2) is 4.57 Å². The highest BCUT2D eigenvalue weighted by atomic mass is 31.2. The molecule has 0 radical (unpaired) electrons. The smallest absolute Gasteiger partial charge is 0.462 e. The van der Waals surface area contributed by atoms with Gasteiger partial charge in [0.15, 0.2) is 6.10 Å². The van der Waals surface area contributed by atoms with Crippen LogP contribution in [0.1, 0.15) is 155 Å². The molecule has 0 saturated heterocycles. The molecule has 10 nitrogen and oxygen atoms in total. The Morgan fingerprint density at radius 1 is 0.643 bits per heavy atom. The van der Waals surface area contributed by atoms with Crippen LogP contribution in [-0.4, -0.2) is 86.1 Å². The number of rotatable bonds is 38. The van der Waals surface area contributed by atoms with Gasteiger partial charge in [0.2, 0.25) is 0 Å². The number of ether oxygens (including phenoxy) is 2. The number of hydrogen-bond donors (Lipinski definition) is 2. The largest absolute Gasteiger partial charge is 0.472 e. The van der Waals surface area contributed by atoms with Crippen LogP contribution in [0.2, 0.25) is 0 Å². The molecule has 0 saturated carbocycles. The van der Waals surface area contributed by atoms with Gasteiger partial charge in [-0.05, 0) is 44.9 Å². The van der Waals surface area contributed by atoms with E-state index in [0.717, 1.165) is 44.9 Å². The SMILES string of the molecule is CC/C=C\C/C=C\C/C=C\C/C=C\C=C\C(O)CCCC(=O)O[C@H](COC(=O)CCCCCCCCCCCCCCCC)COP(=O)(O)OCC[N+](C)(C)C. The standard InChI is InChI=1S/C45H80NO9P/c1-6-8-10-12-14-16-18-20-22-24-26-28-30-32-36-44(48)52-40-43(41-54-56(50,51)53-39-38-46(3,4)5)55-45(49)37-33-35-42(47)34-31-29-27-25-23-21-19-17-15-13-11-9-7-2/h9,11,15,17,21,23,27,29,31,34,42-43,47H,6-8,10,12-14,16,18-20,22,24-26,28,30,32-33,35-41H2,1-5H3/p+1/b11-9-,17-15-,23-21-,29-27-,34-31+/t42?,43-/m1/s1. The second-order valence-corrected chi connectivity index (χ2v) is 17.0. The average Bonchev–Trinajstić information content (AvgIpc) is 3.14. The van der Waals surface area contributed by atoms with Gasteiger partial charge in [-0.2, -0.15) is 0 Å². The van der Waals surface area contributed by atoms with E-state index in [2.05, 4.69) is 50.3 Å². The quantitative estimate of drug-likeness (QED) is 0.0156. The third-order valence-electron chi connectivity index (χ3n) is 8.92. The van der Waals surface area contributed by atoms with Crippen LogP contribution in [-0.2, 0) is 32.7 Å². The number of unbranched alkanes of at least 4 members (excludes halogenated alkanes) is 13. The Hall–Kier alpha value is -2.33. The molecule has 0 amide bonds. The summed E-state index contributed by atoms with van der Waals surface area (Å²) in [5.74, 6) is -1.00. The zero-order valence-electron chi connectivity index (χ0n) is 36.0. The Kier molecular flexibility index (Phi) is 35.4. The molecular weight excluding hydrogens is 729 g/mol. The second kappa shape index (κ2) is 37.0. The van der Waals surface area contributed by atoms with Crippen LogP contribution in [0.25, 0.3) is 0 Å². The average molecular weight is 811 g/mol. The molecule has 0 spiro atoms. The molecule has 56 heavy (non-hydrogen) atoms. The lowest BCUT2D eigenvalue weighted by Crippen LogP contribution is -2.37. The molecule has 0 aromatic rings. The van der Waals surface area contributed by atoms with E-state index >= 15 is 0 Å². The first-order valence-electron chi connectivity index (χ1n) is 21.6. The fourth-order valence-electron chi connectivity index (χ4n) is 5.51. The van der Waals surface area contributed by atoms with Crippen molar-refractivity contribution in [1.82, 2.24) is 0 Å². The number of likely N-dealkylation sites (N-methyl/N-ethyl adjacent to an activating group) is 1. The maximum absolute atomic E-state index is 12.7. The van der Waals surface area contributed by atoms with Gasteiger partial charge in [-0.15, -0.1) is 0 Å². The number of allylic oxidation sites excluding steroid dienone is 9. The molecule has 0 aliphatic rings. The lowest BCUT2D eigenvalue weighted by Gasteiger charge is -2.24. The molecule has 0 aliphatic heterocycles. The third kappa shape index (κ3) is 39.9. The minimum absolute atomic E-state index is 0.00499. The predicted molar refractivity (Wildman–Crippen MR) is 230 cm³/mol. The van der Waals surface area contributed by atoms with Gasteiger partial charge in [-0.3, -0.25) is 18.6 Å². The summed E-state index contributed by atoms with van der Waals surface area (Å²) in [5.41, 5.74) is 0. The summed E-state index contributed by atoms with van der Waals surface area (Å²) < 4.78 is 34.1. The highest BCUT2D eigenvalue weighted by molar-refractivity contribution is 7.47. The molecule has 0 aromatic carbocycles. The molecule has 3 atom stereocenters. The molecule has 2 unspecified atom stereocenters. The minimum Gasteiger partial charge on any atom is -0.462 e. The van der Waals surface area contributed by atoms with Crippen molar-refractivity contribution >= 4 is 19.8 Å². The van der Waals surface area contributed by atoms with E-state index in [1.807, 2.05) is 33.3 Å². The van der Waals surface area contributed by atoms with Crippen molar-refractivity contribution in [2.45, 2.75) is 167 Å². The Morgan fingerprint density at radius 2 is 1.16 bits per heavy atom. The van der Waals surface area contributed by atoms with Gasteiger partial charge in [0, 0.05) is 12.8 Å². The lowest BCUT2D eigenvalue weighted by atomic mass is 10.0. The number of hydrogen-bond acceptors (Lipinski definition) is 8. The number of aliphatic hydroxyl groups is 1. The maximum atomic E-state index is 12.7. The van der Waals surface area contributed by atoms with Crippen molar-refractivity contribution in [1.29, 1.82) is 0 Å². The zero-order valence-corrected chi connectivity index (χ0v) is 36.9. The Labute approximate surface area is 341 Å². The van der Waals surface area contributed by atoms with Crippen LogP contribution in [0.15, 0.2) is 60.8 Å². The van der Waals surface area contributed by atoms with E-state index in [-0.39, 0.29) is 26.1 Å². The molecule has 2 N–H and O–H groups in total. The van der Waals surface area contributed by atoms with E-state index in [9.17, 15) is 24.2 Å². The van der Waals surface area contributed by atoms with Crippen molar-refractivity contribution < 1.29 is 47.2 Å². The highest BCUT2D eigenvalue weighted by Crippen LogP contribution is 2.43. The fraction of sp³-hybridized carbons (Fsp3) is 0.733. The molecule has 0 heterocycles. The highest BCUT2D eigenvalue weighted by Gasteiger charge is 2.27. The summed E-state index contributed by atoms with van der Waals surface area (Å²) in [6.07, 6.45) is 40.1. The number of carbonyl (C=O) groups is 2. The van der Waals surface area contributed by atoms with Crippen LogP contribution in [0, 0.1) is 0 Å². The van der Waals surface area contributed by atoms with E-state index in [1.54, 1.807) is 12.2 Å². The summed E-state index contributed by atoms with van der Waals surface area (Å²) in [5, 5.41) is 10.3. The summed E-state index contributed by atoms with van der Waals surface area (Å²) in [6, 6.07) is 0. The molecular formula is C45H81NO9P+. The Balaban J connectivity index is 4.58. The number of nitrogens with zero attached hydrogens (tertiary/aromatic N) is 1. The summed E-state index contributed by atoms with van der Waals surface area (Å²) in [6.45, 7) is 4.07. The maximum Gasteiger partial charge on any atom is 0.472 e. The minimum atomic E-state index is -4.43. The van der Waals surface area contributed by atoms with Gasteiger partial charge in [0.1, 0.15) is 19.8 Å². The molecule has 0 aliphatic carbocycles. The number of quaternary nitrogens is 1. The molecule has 0 fully saturated rings. The monoisotopic (exact) mass is 811 g/mol. The number of aliphatic hydroxyl groups excluding tert-OH is 1. The van der Waals surface area contributed by atoms with Crippen molar-refractivity contribution in [3.63, 3.8) is 0 Å². The van der Waals surface area contributed by atoms with E-state index in [1.165, 1.54) is 64.2 Å². The first kappa shape index (κ1) is 53.7.